The summed E-state index contributed by atoms with van der Waals surface area (Å²) < 4.78 is 0. The Morgan fingerprint density at radius 2 is 0.982 bits per heavy atom. The molecule has 109 heavy (non-hydrogen) atoms. The van der Waals surface area contributed by atoms with Gasteiger partial charge in [-0.1, -0.05) is 127 Å². The molecule has 1 aliphatic rings. The molecular weight excluding hydrogens is 1430 g/mol. The predicted molar refractivity (Wildman–Crippen MR) is 404 cm³/mol. The summed E-state index contributed by atoms with van der Waals surface area (Å²) in [7, 11) is 0. The van der Waals surface area contributed by atoms with Gasteiger partial charge in [-0.2, -0.15) is 0 Å². The van der Waals surface area contributed by atoms with Gasteiger partial charge in [0.1, 0.15) is 60.4 Å². The zero-order chi connectivity index (χ0) is 79.2. The monoisotopic (exact) mass is 1520 g/mol. The van der Waals surface area contributed by atoms with E-state index >= 15 is 14.4 Å². The normalized spacial score (nSPS) is 23.2. The number of unbranched alkanes of at least 4 members (excludes halogenated alkanes) is 1. The van der Waals surface area contributed by atoms with Crippen LogP contribution in [0.2, 0.25) is 0 Å². The summed E-state index contributed by atoms with van der Waals surface area (Å²) in [5, 5.41) is 40.8. The molecule has 0 spiro atoms. The summed E-state index contributed by atoms with van der Waals surface area (Å²) in [6.45, 7) is 8.65. The van der Waals surface area contributed by atoms with Crippen molar-refractivity contribution in [3.63, 3.8) is 0 Å². The molecule has 1 saturated heterocycles. The van der Waals surface area contributed by atoms with E-state index in [0.717, 1.165) is 10.8 Å². The number of carbonyl (C=O) groups is 14. The molecule has 1 fully saturated rings. The SMILES string of the molecule is CC[C@H](C)[C@H]1NC(=O)[C@H](Cc2ccc3ccccc3c2)NC(=O)SC(C(N)=O)NC(=O)[C@@H](C(C)C)NC(=O)[C@@H](Cc2c[nH]c3ccccc23)NC(=O)[C@@H](CCCCN)NC(=O)[C@@H](C(C)C)NC(=O)[C@H](Cc2c[nH]c3ccccc23)NC(=O)[C@H](CC(N)=O)NC(=O)[C@H](Cc2c[nH]cn2)NC(=O)NC(=O)[C@H](CO)NC1=O. The number of imide groups is 1. The zero-order valence-corrected chi connectivity index (χ0v) is 61.9. The van der Waals surface area contributed by atoms with Crippen LogP contribution in [0, 0.1) is 17.8 Å². The van der Waals surface area contributed by atoms with Crippen molar-refractivity contribution >= 4 is 126 Å². The first-order chi connectivity index (χ1) is 52.0. The molecule has 0 bridgehead atoms. The molecule has 1 aliphatic heterocycles. The third-order valence-corrected chi connectivity index (χ3v) is 19.5. The van der Waals surface area contributed by atoms with Gasteiger partial charge in [0.2, 0.25) is 59.1 Å². The molecule has 35 heteroatoms. The Kier molecular flexibility index (Phi) is 29.8. The molecule has 7 aromatic rings. The van der Waals surface area contributed by atoms with Crippen LogP contribution in [0.25, 0.3) is 32.6 Å². The van der Waals surface area contributed by atoms with E-state index in [0.29, 0.717) is 44.9 Å². The number of hydrogen-bond donors (Lipinski definition) is 19. The van der Waals surface area contributed by atoms with Gasteiger partial charge in [-0.05, 0) is 94.9 Å². The van der Waals surface area contributed by atoms with Gasteiger partial charge in [-0.25, -0.2) is 9.78 Å². The van der Waals surface area contributed by atoms with Crippen LogP contribution in [0.15, 0.2) is 116 Å². The molecule has 34 nitrogen and oxygen atoms in total. The summed E-state index contributed by atoms with van der Waals surface area (Å²) in [5.74, 6) is -15.0. The molecular formula is C74H95N19O15S. The van der Waals surface area contributed by atoms with Crippen LogP contribution in [0.5, 0.6) is 0 Å². The van der Waals surface area contributed by atoms with Crippen LogP contribution in [-0.2, 0) is 83.2 Å². The minimum atomic E-state index is -1.93. The standard InChI is InChI=1S/C74H95N19O15S/c1-7-39(6)60-71(106)86-56(35-94)68(103)93-73(107)87-54(30-45-34-78-36-81-45)63(98)85-55(31-57(76)95)64(99)84-53(29-44-33-80-49-21-13-11-19-47(44)49)67(102)89-58(37(2)3)69(104)82-50(22-14-15-25-75)62(97)83-52(28-43-32-79-48-20-12-10-18-46(43)48)66(101)90-59(38(4)5)70(105)92-72(61(77)96)109-74(108)88-51(65(100)91-60)27-40-23-24-41-16-8-9-17-42(41)26-40/h8-13,16-21,23-24,26,32-34,36-39,50-56,58-60,72,79-80,94H,7,14-15,22,25,27-31,35,75H2,1-6H3,(H2,76,95)(H2,77,96)(H,78,81)(H,82,104)(H,83,97)(H,84,99)(H,85,98)(H,86,106)(H,88,108)(H,89,102)(H,90,101)(H,91,100)(H,92,105)(H2,87,93,103,107)/t39-,50+,51-,52+,53-,54-,55-,56-,58+,59+,60+,72?/m0/s1. The maximum atomic E-state index is 15.0. The molecule has 582 valence electrons. The smallest absolute Gasteiger partial charge is 0.322 e. The number of aliphatic hydroxyl groups is 1. The highest BCUT2D eigenvalue weighted by Crippen LogP contribution is 2.24. The second-order valence-electron chi connectivity index (χ2n) is 27.5. The highest BCUT2D eigenvalue weighted by molar-refractivity contribution is 8.14. The van der Waals surface area contributed by atoms with E-state index in [9.17, 15) is 57.8 Å². The number of para-hydroxylation sites is 2. The third-order valence-electron chi connectivity index (χ3n) is 18.6. The fraction of sp³-hybridized carbons (Fsp3) is 0.419. The molecule has 0 radical (unpaired) electrons. The van der Waals surface area contributed by atoms with Crippen molar-refractivity contribution in [3.05, 3.63) is 138 Å². The van der Waals surface area contributed by atoms with E-state index in [1.807, 2.05) is 23.5 Å². The van der Waals surface area contributed by atoms with Crippen LogP contribution in [0.4, 0.5) is 9.59 Å². The number of fused-ring (bicyclic) bond motifs is 3. The van der Waals surface area contributed by atoms with Gasteiger partial charge in [0, 0.05) is 66.1 Å². The molecule has 3 aromatic heterocycles. The van der Waals surface area contributed by atoms with Crippen molar-refractivity contribution < 1.29 is 72.2 Å². The molecule has 0 aliphatic carbocycles. The van der Waals surface area contributed by atoms with Crippen molar-refractivity contribution in [1.82, 2.24) is 83.7 Å². The van der Waals surface area contributed by atoms with Crippen LogP contribution in [0.1, 0.15) is 96.0 Å². The number of H-pyrrole nitrogens is 3. The van der Waals surface area contributed by atoms with E-state index < -0.39 is 185 Å². The maximum Gasteiger partial charge on any atom is 0.322 e. The minimum absolute atomic E-state index is 0.0619. The van der Waals surface area contributed by atoms with Gasteiger partial charge in [0.15, 0.2) is 5.37 Å². The van der Waals surface area contributed by atoms with Gasteiger partial charge in [-0.15, -0.1) is 0 Å². The number of benzene rings is 4. The highest BCUT2D eigenvalue weighted by atomic mass is 32.2. The number of nitrogens with one attached hydrogen (secondary N) is 15. The fourth-order valence-corrected chi connectivity index (χ4v) is 13.1. The van der Waals surface area contributed by atoms with Crippen molar-refractivity contribution in [2.75, 3.05) is 13.2 Å². The number of aromatic nitrogens is 4. The first kappa shape index (κ1) is 82.9. The maximum absolute atomic E-state index is 15.0. The Balaban J connectivity index is 1.18. The number of urea groups is 1. The Bertz CT molecular complexity index is 4450. The molecule has 15 amide bonds. The molecule has 4 heterocycles. The van der Waals surface area contributed by atoms with E-state index in [2.05, 4.69) is 78.4 Å². The van der Waals surface area contributed by atoms with Crippen LogP contribution >= 0.6 is 11.8 Å². The van der Waals surface area contributed by atoms with Crippen molar-refractivity contribution in [1.29, 1.82) is 0 Å². The predicted octanol–water partition coefficient (Wildman–Crippen LogP) is -0.0237. The molecule has 12 atom stereocenters. The number of rotatable bonds is 20. The minimum Gasteiger partial charge on any atom is -0.394 e. The quantitative estimate of drug-likeness (QED) is 0.0446. The van der Waals surface area contributed by atoms with Gasteiger partial charge >= 0.3 is 6.03 Å². The average Bonchev–Trinajstić information content (AvgIpc) is 1.73. The van der Waals surface area contributed by atoms with Crippen LogP contribution < -0.4 is 81.0 Å². The van der Waals surface area contributed by atoms with Crippen LogP contribution in [0.3, 0.4) is 0 Å². The lowest BCUT2D eigenvalue weighted by atomic mass is 9.96. The van der Waals surface area contributed by atoms with E-state index in [4.69, 9.17) is 17.2 Å². The Labute approximate surface area is 631 Å². The summed E-state index contributed by atoms with van der Waals surface area (Å²) in [6.07, 6.45) is 4.53. The number of aliphatic hydroxyl groups excluding tert-OH is 1. The summed E-state index contributed by atoms with van der Waals surface area (Å²) in [4.78, 5) is 215. The Morgan fingerprint density at radius 3 is 1.52 bits per heavy atom. The molecule has 0 saturated carbocycles. The first-order valence-corrected chi connectivity index (χ1v) is 36.7. The summed E-state index contributed by atoms with van der Waals surface area (Å²) >= 11 is 0.179. The Morgan fingerprint density at radius 1 is 0.495 bits per heavy atom. The number of hydrogen-bond acceptors (Lipinski definition) is 18. The average molecular weight is 1520 g/mol. The second kappa shape index (κ2) is 39.2. The number of imidazole rings is 1. The highest BCUT2D eigenvalue weighted by Gasteiger charge is 2.40. The van der Waals surface area contributed by atoms with E-state index in [-0.39, 0.29) is 62.5 Å². The first-order valence-electron chi connectivity index (χ1n) is 35.8. The molecule has 8 rings (SSSR count). The number of amides is 15. The van der Waals surface area contributed by atoms with Crippen molar-refractivity contribution in [3.8, 4) is 0 Å². The topological polar surface area (TPSA) is 542 Å². The van der Waals surface area contributed by atoms with Gasteiger partial charge in [0.05, 0.1) is 25.0 Å². The number of primary amides is 2. The molecule has 1 unspecified atom stereocenters. The zero-order valence-electron chi connectivity index (χ0n) is 61.1. The fourth-order valence-electron chi connectivity index (χ4n) is 12.4. The summed E-state index contributed by atoms with van der Waals surface area (Å²) in [5.41, 5.74) is 20.5. The summed E-state index contributed by atoms with van der Waals surface area (Å²) in [6, 6.07) is 9.01. The number of nitrogens with two attached hydrogens (primary N) is 3. The molecule has 4 aromatic carbocycles. The number of aromatic amines is 3. The lowest BCUT2D eigenvalue weighted by molar-refractivity contribution is -0.136. The van der Waals surface area contributed by atoms with E-state index in [1.54, 1.807) is 127 Å². The van der Waals surface area contributed by atoms with Crippen molar-refractivity contribution in [2.45, 2.75) is 165 Å². The lowest BCUT2D eigenvalue weighted by Crippen LogP contribution is -2.62. The Hall–Kier alpha value is -11.7. The lowest BCUT2D eigenvalue weighted by Gasteiger charge is -2.29. The van der Waals surface area contributed by atoms with E-state index in [1.165, 1.54) is 12.5 Å². The largest absolute Gasteiger partial charge is 0.394 e. The van der Waals surface area contributed by atoms with Gasteiger partial charge in [0.25, 0.3) is 17.1 Å². The van der Waals surface area contributed by atoms with Gasteiger partial charge < -0.3 is 95.7 Å². The van der Waals surface area contributed by atoms with Crippen molar-refractivity contribution in [2.24, 2.45) is 35.0 Å². The third kappa shape index (κ3) is 23.1. The number of thioether (sulfide) groups is 1. The number of nitrogens with zero attached hydrogens (tertiary/aromatic N) is 1. The number of carbonyl (C=O) groups excluding carboxylic acids is 14. The van der Waals surface area contributed by atoms with Crippen LogP contribution in [-0.4, -0.2) is 186 Å². The molecule has 22 N–H and O–H groups in total. The second-order valence-corrected chi connectivity index (χ2v) is 28.5. The van der Waals surface area contributed by atoms with Gasteiger partial charge in [-0.3, -0.25) is 67.6 Å².